The Bertz CT molecular complexity index is 576. The molecule has 2 fully saturated rings. The molecular formula is C15H23N5O4. The molecule has 1 aliphatic heterocycles. The van der Waals surface area contributed by atoms with Crippen molar-refractivity contribution in [2.45, 2.75) is 37.8 Å². The second kappa shape index (κ2) is 7.63. The molecule has 0 spiro atoms. The zero-order valence-corrected chi connectivity index (χ0v) is 13.5. The Labute approximate surface area is 139 Å². The van der Waals surface area contributed by atoms with E-state index in [4.69, 9.17) is 4.74 Å². The van der Waals surface area contributed by atoms with E-state index in [-0.39, 0.29) is 29.8 Å². The number of carbonyl (C=O) groups excluding carboxylic acids is 2. The highest BCUT2D eigenvalue weighted by molar-refractivity contribution is 6.01. The average Bonchev–Trinajstić information content (AvgIpc) is 3.06. The summed E-state index contributed by atoms with van der Waals surface area (Å²) in [6, 6.07) is -0.241. The number of hydrogen-bond acceptors (Lipinski definition) is 5. The van der Waals surface area contributed by atoms with Crippen LogP contribution in [0.25, 0.3) is 0 Å². The lowest BCUT2D eigenvalue weighted by Gasteiger charge is -2.27. The van der Waals surface area contributed by atoms with Crippen LogP contribution >= 0.6 is 0 Å². The van der Waals surface area contributed by atoms with Gasteiger partial charge in [-0.2, -0.15) is 5.10 Å². The minimum absolute atomic E-state index is 0.0281. The fourth-order valence-electron chi connectivity index (χ4n) is 2.99. The van der Waals surface area contributed by atoms with Gasteiger partial charge in [-0.15, -0.1) is 0 Å². The molecule has 0 radical (unpaired) electrons. The van der Waals surface area contributed by atoms with Crippen LogP contribution in [0.15, 0.2) is 6.20 Å². The molecule has 9 heteroatoms. The van der Waals surface area contributed by atoms with E-state index in [0.717, 1.165) is 12.8 Å². The first-order valence-electron chi connectivity index (χ1n) is 8.30. The van der Waals surface area contributed by atoms with Crippen molar-refractivity contribution in [3.8, 4) is 0 Å². The minimum atomic E-state index is -0.324. The maximum absolute atomic E-state index is 12.4. The summed E-state index contributed by atoms with van der Waals surface area (Å²) in [7, 11) is 0. The summed E-state index contributed by atoms with van der Waals surface area (Å²) >= 11 is 0. The number of carbonyl (C=O) groups is 2. The first kappa shape index (κ1) is 16.7. The van der Waals surface area contributed by atoms with E-state index in [1.54, 1.807) is 4.90 Å². The van der Waals surface area contributed by atoms with Gasteiger partial charge in [-0.3, -0.25) is 9.89 Å². The molecule has 1 aromatic heterocycles. The van der Waals surface area contributed by atoms with Gasteiger partial charge in [0.1, 0.15) is 0 Å². The molecule has 0 atom stereocenters. The molecule has 1 aromatic rings. The first-order chi connectivity index (χ1) is 11.6. The van der Waals surface area contributed by atoms with Gasteiger partial charge < -0.3 is 25.4 Å². The molecule has 3 rings (SSSR count). The van der Waals surface area contributed by atoms with Crippen LogP contribution in [0.5, 0.6) is 0 Å². The second-order valence-corrected chi connectivity index (χ2v) is 6.16. The van der Waals surface area contributed by atoms with Crippen molar-refractivity contribution in [1.82, 2.24) is 20.4 Å². The van der Waals surface area contributed by atoms with Crippen LogP contribution in [0.1, 0.15) is 36.2 Å². The third-order valence-electron chi connectivity index (χ3n) is 4.43. The van der Waals surface area contributed by atoms with Crippen molar-refractivity contribution in [3.05, 3.63) is 11.9 Å². The van der Waals surface area contributed by atoms with Gasteiger partial charge in [0, 0.05) is 25.3 Å². The standard InChI is InChI=1S/C15H23N5O4/c21-11-3-1-10(2-4-11)17-14(22)13-12(9-16-19-13)18-15(23)20-5-7-24-8-6-20/h9-11,21H,1-8H2,(H,16,19)(H,17,22)(H,18,23)/t10-,11-. The predicted molar refractivity (Wildman–Crippen MR) is 85.7 cm³/mol. The largest absolute Gasteiger partial charge is 0.393 e. The lowest BCUT2D eigenvalue weighted by Crippen LogP contribution is -2.43. The number of hydrogen-bond donors (Lipinski definition) is 4. The molecule has 0 bridgehead atoms. The number of aromatic nitrogens is 2. The van der Waals surface area contributed by atoms with E-state index < -0.39 is 0 Å². The maximum Gasteiger partial charge on any atom is 0.322 e. The number of H-pyrrole nitrogens is 1. The van der Waals surface area contributed by atoms with Crippen molar-refractivity contribution < 1.29 is 19.4 Å². The molecule has 1 saturated carbocycles. The van der Waals surface area contributed by atoms with Crippen LogP contribution in [-0.4, -0.2) is 70.6 Å². The van der Waals surface area contributed by atoms with Crippen molar-refractivity contribution in [1.29, 1.82) is 0 Å². The normalized spacial score (nSPS) is 24.5. The fourth-order valence-corrected chi connectivity index (χ4v) is 2.99. The molecule has 0 aromatic carbocycles. The Morgan fingerprint density at radius 3 is 2.67 bits per heavy atom. The van der Waals surface area contributed by atoms with Gasteiger partial charge in [-0.05, 0) is 25.7 Å². The zero-order chi connectivity index (χ0) is 16.9. The van der Waals surface area contributed by atoms with E-state index in [9.17, 15) is 14.7 Å². The summed E-state index contributed by atoms with van der Waals surface area (Å²) in [6.07, 6.45) is 4.09. The third kappa shape index (κ3) is 4.04. The number of ether oxygens (including phenoxy) is 1. The number of aliphatic hydroxyl groups is 1. The van der Waals surface area contributed by atoms with Gasteiger partial charge in [0.25, 0.3) is 5.91 Å². The maximum atomic E-state index is 12.4. The molecule has 1 aliphatic carbocycles. The Morgan fingerprint density at radius 2 is 1.96 bits per heavy atom. The summed E-state index contributed by atoms with van der Waals surface area (Å²) < 4.78 is 5.22. The molecule has 9 nitrogen and oxygen atoms in total. The van der Waals surface area contributed by atoms with E-state index in [2.05, 4.69) is 20.8 Å². The number of morpholine rings is 1. The van der Waals surface area contributed by atoms with Crippen molar-refractivity contribution in [2.75, 3.05) is 31.6 Å². The number of anilines is 1. The van der Waals surface area contributed by atoms with E-state index in [1.807, 2.05) is 0 Å². The van der Waals surface area contributed by atoms with E-state index in [0.29, 0.717) is 44.8 Å². The Balaban J connectivity index is 1.57. The smallest absolute Gasteiger partial charge is 0.322 e. The van der Waals surface area contributed by atoms with Crippen LogP contribution in [0.4, 0.5) is 10.5 Å². The number of nitrogens with one attached hydrogen (secondary N) is 3. The number of nitrogens with zero attached hydrogens (tertiary/aromatic N) is 2. The summed E-state index contributed by atoms with van der Waals surface area (Å²) in [4.78, 5) is 26.3. The summed E-state index contributed by atoms with van der Waals surface area (Å²) in [5, 5.41) is 21.7. The van der Waals surface area contributed by atoms with Gasteiger partial charge in [0.15, 0.2) is 5.69 Å². The Hall–Kier alpha value is -2.13. The highest BCUT2D eigenvalue weighted by Crippen LogP contribution is 2.20. The lowest BCUT2D eigenvalue weighted by molar-refractivity contribution is 0.0564. The van der Waals surface area contributed by atoms with Gasteiger partial charge in [-0.1, -0.05) is 0 Å². The highest BCUT2D eigenvalue weighted by atomic mass is 16.5. The quantitative estimate of drug-likeness (QED) is 0.633. The third-order valence-corrected chi connectivity index (χ3v) is 4.43. The van der Waals surface area contributed by atoms with Crippen LogP contribution in [0.3, 0.4) is 0 Å². The average molecular weight is 337 g/mol. The number of urea groups is 1. The number of rotatable bonds is 3. The highest BCUT2D eigenvalue weighted by Gasteiger charge is 2.25. The molecule has 3 amide bonds. The van der Waals surface area contributed by atoms with E-state index >= 15 is 0 Å². The lowest BCUT2D eigenvalue weighted by atomic mass is 9.93. The van der Waals surface area contributed by atoms with Crippen LogP contribution in [-0.2, 0) is 4.74 Å². The summed E-state index contributed by atoms with van der Waals surface area (Å²) in [5.74, 6) is -0.324. The van der Waals surface area contributed by atoms with E-state index in [1.165, 1.54) is 6.20 Å². The Kier molecular flexibility index (Phi) is 5.31. The molecule has 2 heterocycles. The number of aliphatic hydroxyl groups excluding tert-OH is 1. The number of amides is 3. The Morgan fingerprint density at radius 1 is 1.25 bits per heavy atom. The molecule has 132 valence electrons. The summed E-state index contributed by atoms with van der Waals surface area (Å²) in [5.41, 5.74) is 0.530. The number of aromatic amines is 1. The van der Waals surface area contributed by atoms with Crippen LogP contribution in [0.2, 0.25) is 0 Å². The van der Waals surface area contributed by atoms with Crippen molar-refractivity contribution in [2.24, 2.45) is 0 Å². The van der Waals surface area contributed by atoms with Gasteiger partial charge in [0.05, 0.1) is 25.0 Å². The van der Waals surface area contributed by atoms with Gasteiger partial charge >= 0.3 is 6.03 Å². The second-order valence-electron chi connectivity index (χ2n) is 6.16. The molecule has 24 heavy (non-hydrogen) atoms. The van der Waals surface area contributed by atoms with Gasteiger partial charge in [0.2, 0.25) is 0 Å². The minimum Gasteiger partial charge on any atom is -0.393 e. The monoisotopic (exact) mass is 337 g/mol. The van der Waals surface area contributed by atoms with Crippen LogP contribution in [0, 0.1) is 0 Å². The molecular weight excluding hydrogens is 314 g/mol. The predicted octanol–water partition coefficient (Wildman–Crippen LogP) is 0.307. The van der Waals surface area contributed by atoms with Crippen molar-refractivity contribution in [3.63, 3.8) is 0 Å². The topological polar surface area (TPSA) is 120 Å². The van der Waals surface area contributed by atoms with Crippen molar-refractivity contribution >= 4 is 17.6 Å². The molecule has 2 aliphatic rings. The fraction of sp³-hybridized carbons (Fsp3) is 0.667. The van der Waals surface area contributed by atoms with Crippen LogP contribution < -0.4 is 10.6 Å². The first-order valence-corrected chi connectivity index (χ1v) is 8.30. The molecule has 1 saturated heterocycles. The SMILES string of the molecule is O=C(N[C@H]1CC[C@H](O)CC1)c1n[nH]cc1NC(=O)N1CCOCC1. The zero-order valence-electron chi connectivity index (χ0n) is 13.5. The summed E-state index contributed by atoms with van der Waals surface area (Å²) in [6.45, 7) is 2.07. The molecule has 0 unspecified atom stereocenters. The van der Waals surface area contributed by atoms with Gasteiger partial charge in [-0.25, -0.2) is 4.79 Å². The molecule has 4 N–H and O–H groups in total.